The molecule has 0 bridgehead atoms. The molecule has 1 aromatic heterocycles. The van der Waals surface area contributed by atoms with Gasteiger partial charge in [0, 0.05) is 10.4 Å². The summed E-state index contributed by atoms with van der Waals surface area (Å²) in [6.07, 6.45) is 0. The van der Waals surface area contributed by atoms with Gasteiger partial charge in [0.15, 0.2) is 0 Å². The SMILES string of the molecule is Cc1nc2c(=C(C#N)C#N)ccc(=C(C#N)C#N)c2nc1C. The Hall–Kier alpha value is -3.74. The molecule has 6 heteroatoms. The monoisotopic (exact) mass is 284 g/mol. The maximum atomic E-state index is 9.07. The summed E-state index contributed by atoms with van der Waals surface area (Å²) in [5.74, 6) is 0. The molecule has 0 saturated carbocycles. The van der Waals surface area contributed by atoms with E-state index in [-0.39, 0.29) is 11.1 Å². The number of aryl methyl sites for hydroxylation is 2. The van der Waals surface area contributed by atoms with Crippen molar-refractivity contribution in [1.82, 2.24) is 9.97 Å². The van der Waals surface area contributed by atoms with Gasteiger partial charge in [-0.2, -0.15) is 21.0 Å². The molecule has 0 aliphatic heterocycles. The molecule has 0 aliphatic carbocycles. The van der Waals surface area contributed by atoms with E-state index in [0.717, 1.165) is 0 Å². The van der Waals surface area contributed by atoms with Crippen LogP contribution in [-0.2, 0) is 0 Å². The van der Waals surface area contributed by atoms with Crippen LogP contribution in [0.2, 0.25) is 0 Å². The van der Waals surface area contributed by atoms with Gasteiger partial charge in [-0.05, 0) is 26.0 Å². The van der Waals surface area contributed by atoms with Gasteiger partial charge in [0.25, 0.3) is 0 Å². The lowest BCUT2D eigenvalue weighted by Crippen LogP contribution is -2.19. The van der Waals surface area contributed by atoms with Crippen LogP contribution in [0.1, 0.15) is 11.4 Å². The van der Waals surface area contributed by atoms with Crippen molar-refractivity contribution in [3.8, 4) is 24.3 Å². The van der Waals surface area contributed by atoms with Crippen LogP contribution in [0.5, 0.6) is 0 Å². The molecule has 102 valence electrons. The summed E-state index contributed by atoms with van der Waals surface area (Å²) in [6.45, 7) is 3.52. The quantitative estimate of drug-likeness (QED) is 0.699. The Kier molecular flexibility index (Phi) is 3.81. The maximum absolute atomic E-state index is 9.07. The number of nitriles is 4. The third-order valence-electron chi connectivity index (χ3n) is 3.22. The topological polar surface area (TPSA) is 121 Å². The first kappa shape index (κ1) is 14.7. The zero-order chi connectivity index (χ0) is 16.3. The summed E-state index contributed by atoms with van der Waals surface area (Å²) in [5, 5.41) is 36.9. The average molecular weight is 284 g/mol. The van der Waals surface area contributed by atoms with E-state index in [4.69, 9.17) is 21.0 Å². The normalized spacial score (nSPS) is 9.18. The van der Waals surface area contributed by atoms with Crippen LogP contribution in [0.3, 0.4) is 0 Å². The highest BCUT2D eigenvalue weighted by atomic mass is 14.8. The van der Waals surface area contributed by atoms with Gasteiger partial charge < -0.3 is 0 Å². The van der Waals surface area contributed by atoms with Crippen LogP contribution >= 0.6 is 0 Å². The number of nitrogens with zero attached hydrogens (tertiary/aromatic N) is 6. The number of rotatable bonds is 0. The van der Waals surface area contributed by atoms with Crippen molar-refractivity contribution >= 4 is 22.2 Å². The van der Waals surface area contributed by atoms with E-state index in [1.165, 1.54) is 12.1 Å². The Labute approximate surface area is 126 Å². The molecule has 22 heavy (non-hydrogen) atoms. The van der Waals surface area contributed by atoms with Crippen molar-refractivity contribution in [3.05, 3.63) is 34.0 Å². The van der Waals surface area contributed by atoms with Crippen LogP contribution in [0, 0.1) is 59.2 Å². The summed E-state index contributed by atoms with van der Waals surface area (Å²) < 4.78 is 0. The van der Waals surface area contributed by atoms with Gasteiger partial charge in [-0.15, -0.1) is 0 Å². The van der Waals surface area contributed by atoms with E-state index in [9.17, 15) is 0 Å². The summed E-state index contributed by atoms with van der Waals surface area (Å²) >= 11 is 0. The minimum atomic E-state index is -0.0930. The van der Waals surface area contributed by atoms with E-state index < -0.39 is 0 Å². The standard InChI is InChI=1S/C16H8N6/c1-9-10(2)22-16-14(12(7-19)8-20)4-3-13(15(16)21-9)11(5-17)6-18/h3-4H,1-2H3. The van der Waals surface area contributed by atoms with Gasteiger partial charge in [-0.25, -0.2) is 9.97 Å². The van der Waals surface area contributed by atoms with Gasteiger partial charge in [-0.1, -0.05) is 0 Å². The molecule has 0 spiro atoms. The molecule has 0 atom stereocenters. The van der Waals surface area contributed by atoms with E-state index in [0.29, 0.717) is 32.9 Å². The minimum Gasteiger partial charge on any atom is -0.249 e. The molecular weight excluding hydrogens is 276 g/mol. The van der Waals surface area contributed by atoms with Gasteiger partial charge in [-0.3, -0.25) is 0 Å². The average Bonchev–Trinajstić information content (AvgIpc) is 2.52. The fourth-order valence-corrected chi connectivity index (χ4v) is 2.00. The predicted molar refractivity (Wildman–Crippen MR) is 77.5 cm³/mol. The second-order valence-electron chi connectivity index (χ2n) is 4.45. The van der Waals surface area contributed by atoms with Crippen LogP contribution in [0.25, 0.3) is 22.2 Å². The molecule has 2 aromatic rings. The molecule has 6 nitrogen and oxygen atoms in total. The molecule has 1 aromatic carbocycles. The lowest BCUT2D eigenvalue weighted by molar-refractivity contribution is 1.09. The Morgan fingerprint density at radius 3 is 1.32 bits per heavy atom. The van der Waals surface area contributed by atoms with E-state index in [1.54, 1.807) is 13.8 Å². The van der Waals surface area contributed by atoms with Crippen molar-refractivity contribution in [2.45, 2.75) is 13.8 Å². The number of hydrogen-bond donors (Lipinski definition) is 0. The van der Waals surface area contributed by atoms with Crippen molar-refractivity contribution < 1.29 is 0 Å². The second-order valence-corrected chi connectivity index (χ2v) is 4.45. The Bertz CT molecular complexity index is 961. The Morgan fingerprint density at radius 1 is 0.727 bits per heavy atom. The molecule has 0 radical (unpaired) electrons. The van der Waals surface area contributed by atoms with Crippen LogP contribution in [-0.4, -0.2) is 9.97 Å². The van der Waals surface area contributed by atoms with Crippen molar-refractivity contribution in [3.63, 3.8) is 0 Å². The van der Waals surface area contributed by atoms with Gasteiger partial charge in [0.05, 0.1) is 22.4 Å². The first-order valence-corrected chi connectivity index (χ1v) is 6.20. The van der Waals surface area contributed by atoms with Gasteiger partial charge in [0.1, 0.15) is 35.4 Å². The van der Waals surface area contributed by atoms with Crippen LogP contribution in [0.4, 0.5) is 0 Å². The first-order valence-electron chi connectivity index (χ1n) is 6.20. The zero-order valence-corrected chi connectivity index (χ0v) is 11.8. The number of fused-ring (bicyclic) bond motifs is 1. The molecule has 0 amide bonds. The van der Waals surface area contributed by atoms with Crippen molar-refractivity contribution in [2.75, 3.05) is 0 Å². The van der Waals surface area contributed by atoms with Crippen LogP contribution in [0.15, 0.2) is 12.1 Å². The summed E-state index contributed by atoms with van der Waals surface area (Å²) in [4.78, 5) is 8.77. The molecule has 0 saturated heterocycles. The highest BCUT2D eigenvalue weighted by Gasteiger charge is 2.10. The van der Waals surface area contributed by atoms with Gasteiger partial charge >= 0.3 is 0 Å². The first-order chi connectivity index (χ1) is 10.6. The van der Waals surface area contributed by atoms with E-state index in [2.05, 4.69) is 9.97 Å². The van der Waals surface area contributed by atoms with E-state index >= 15 is 0 Å². The Balaban J connectivity index is 3.29. The largest absolute Gasteiger partial charge is 0.249 e. The number of hydrogen-bond acceptors (Lipinski definition) is 6. The summed E-state index contributed by atoms with van der Waals surface area (Å²) in [5.41, 5.74) is 1.78. The zero-order valence-electron chi connectivity index (χ0n) is 11.8. The molecule has 1 heterocycles. The summed E-state index contributed by atoms with van der Waals surface area (Å²) in [6, 6.07) is 10.3. The highest BCUT2D eigenvalue weighted by Crippen LogP contribution is 2.07. The third-order valence-corrected chi connectivity index (χ3v) is 3.22. The van der Waals surface area contributed by atoms with Crippen molar-refractivity contribution in [1.29, 1.82) is 21.0 Å². The third kappa shape index (κ3) is 2.22. The Morgan fingerprint density at radius 2 is 1.05 bits per heavy atom. The van der Waals surface area contributed by atoms with Crippen molar-refractivity contribution in [2.24, 2.45) is 0 Å². The number of aromatic nitrogens is 2. The number of benzene rings is 1. The highest BCUT2D eigenvalue weighted by molar-refractivity contribution is 5.88. The predicted octanol–water partition coefficient (Wildman–Crippen LogP) is 0.642. The molecule has 0 fully saturated rings. The maximum Gasteiger partial charge on any atom is 0.139 e. The fraction of sp³-hybridized carbons (Fsp3) is 0.125. The van der Waals surface area contributed by atoms with E-state index in [1.807, 2.05) is 24.3 Å². The fourth-order valence-electron chi connectivity index (χ4n) is 2.00. The molecule has 2 rings (SSSR count). The molecular formula is C16H8N6. The van der Waals surface area contributed by atoms with Crippen LogP contribution < -0.4 is 10.4 Å². The second kappa shape index (κ2) is 5.71. The smallest absolute Gasteiger partial charge is 0.139 e. The molecule has 0 unspecified atom stereocenters. The molecule has 0 N–H and O–H groups in total. The lowest BCUT2D eigenvalue weighted by Gasteiger charge is -2.04. The minimum absolute atomic E-state index is 0.0930. The summed E-state index contributed by atoms with van der Waals surface area (Å²) in [7, 11) is 0. The lowest BCUT2D eigenvalue weighted by atomic mass is 10.1. The van der Waals surface area contributed by atoms with Gasteiger partial charge in [0.2, 0.25) is 0 Å². The molecule has 0 aliphatic rings.